The zero-order valence-electron chi connectivity index (χ0n) is 13.9. The molecule has 6 nitrogen and oxygen atoms in total. The summed E-state index contributed by atoms with van der Waals surface area (Å²) in [6.45, 7) is 3.04. The molecule has 2 atom stereocenters. The summed E-state index contributed by atoms with van der Waals surface area (Å²) in [6, 6.07) is 3.77. The first-order valence-electron chi connectivity index (χ1n) is 8.23. The van der Waals surface area contributed by atoms with E-state index in [0.29, 0.717) is 18.7 Å². The summed E-state index contributed by atoms with van der Waals surface area (Å²) in [5.41, 5.74) is 1.45. The summed E-state index contributed by atoms with van der Waals surface area (Å²) in [4.78, 5) is 24.7. The maximum atomic E-state index is 12.4. The van der Waals surface area contributed by atoms with Gasteiger partial charge in [-0.05, 0) is 36.8 Å². The molecule has 24 heavy (non-hydrogen) atoms. The monoisotopic (exact) mass is 350 g/mol. The first kappa shape index (κ1) is 17.0. The molecular formula is C17H22N2O4S. The molecule has 0 bridgehead atoms. The van der Waals surface area contributed by atoms with Crippen molar-refractivity contribution in [3.05, 3.63) is 23.2 Å². The SMILES string of the molecule is CC[C@@H](OC(=O)c1cc2sccc2n1C)C(=O)NC[C@@H]1CCCO1. The van der Waals surface area contributed by atoms with Gasteiger partial charge in [0.2, 0.25) is 0 Å². The molecule has 3 heterocycles. The number of rotatable bonds is 6. The van der Waals surface area contributed by atoms with E-state index in [1.807, 2.05) is 25.4 Å². The van der Waals surface area contributed by atoms with Gasteiger partial charge in [-0.2, -0.15) is 0 Å². The van der Waals surface area contributed by atoms with Crippen molar-refractivity contribution in [2.75, 3.05) is 13.2 Å². The van der Waals surface area contributed by atoms with Crippen LogP contribution in [0.5, 0.6) is 0 Å². The van der Waals surface area contributed by atoms with Gasteiger partial charge >= 0.3 is 5.97 Å². The predicted octanol–water partition coefficient (Wildman–Crippen LogP) is 2.47. The van der Waals surface area contributed by atoms with E-state index < -0.39 is 12.1 Å². The number of aromatic nitrogens is 1. The molecule has 7 heteroatoms. The molecule has 0 radical (unpaired) electrons. The third-order valence-electron chi connectivity index (χ3n) is 4.31. The van der Waals surface area contributed by atoms with Gasteiger partial charge in [-0.25, -0.2) is 4.79 Å². The van der Waals surface area contributed by atoms with Gasteiger partial charge in [0.25, 0.3) is 5.91 Å². The van der Waals surface area contributed by atoms with Crippen LogP contribution >= 0.6 is 11.3 Å². The van der Waals surface area contributed by atoms with Crippen molar-refractivity contribution in [2.24, 2.45) is 7.05 Å². The van der Waals surface area contributed by atoms with Crippen molar-refractivity contribution >= 4 is 33.4 Å². The van der Waals surface area contributed by atoms with Gasteiger partial charge in [0, 0.05) is 20.2 Å². The Morgan fingerprint density at radius 3 is 3.04 bits per heavy atom. The molecule has 2 aromatic rings. The summed E-state index contributed by atoms with van der Waals surface area (Å²) < 4.78 is 13.7. The fourth-order valence-electron chi connectivity index (χ4n) is 2.89. The van der Waals surface area contributed by atoms with Crippen LogP contribution in [0.4, 0.5) is 0 Å². The molecule has 1 aliphatic rings. The van der Waals surface area contributed by atoms with E-state index >= 15 is 0 Å². The minimum Gasteiger partial charge on any atom is -0.448 e. The van der Waals surface area contributed by atoms with Crippen LogP contribution in [0.2, 0.25) is 0 Å². The van der Waals surface area contributed by atoms with Crippen LogP contribution in [-0.2, 0) is 21.3 Å². The van der Waals surface area contributed by atoms with Crippen molar-refractivity contribution in [1.29, 1.82) is 0 Å². The van der Waals surface area contributed by atoms with Crippen LogP contribution in [0, 0.1) is 0 Å². The first-order chi connectivity index (χ1) is 11.6. The number of carbonyl (C=O) groups is 2. The van der Waals surface area contributed by atoms with Gasteiger partial charge in [0.1, 0.15) is 5.69 Å². The van der Waals surface area contributed by atoms with E-state index in [1.165, 1.54) is 0 Å². The van der Waals surface area contributed by atoms with Crippen LogP contribution in [0.3, 0.4) is 0 Å². The number of hydrogen-bond donors (Lipinski definition) is 1. The Hall–Kier alpha value is -1.86. The molecular weight excluding hydrogens is 328 g/mol. The van der Waals surface area contributed by atoms with Crippen molar-refractivity contribution in [3.63, 3.8) is 0 Å². The Bertz CT molecular complexity index is 730. The highest BCUT2D eigenvalue weighted by molar-refractivity contribution is 7.17. The molecule has 0 aliphatic carbocycles. The van der Waals surface area contributed by atoms with E-state index in [9.17, 15) is 9.59 Å². The van der Waals surface area contributed by atoms with Crippen molar-refractivity contribution in [3.8, 4) is 0 Å². The van der Waals surface area contributed by atoms with E-state index in [2.05, 4.69) is 5.32 Å². The van der Waals surface area contributed by atoms with Gasteiger partial charge in [-0.3, -0.25) is 4.79 Å². The number of ether oxygens (including phenoxy) is 2. The highest BCUT2D eigenvalue weighted by Crippen LogP contribution is 2.24. The second kappa shape index (κ2) is 7.36. The Balaban J connectivity index is 1.61. The number of hydrogen-bond acceptors (Lipinski definition) is 5. The smallest absolute Gasteiger partial charge is 0.355 e. The van der Waals surface area contributed by atoms with Crippen molar-refractivity contribution in [2.45, 2.75) is 38.4 Å². The van der Waals surface area contributed by atoms with E-state index in [0.717, 1.165) is 29.7 Å². The lowest BCUT2D eigenvalue weighted by Gasteiger charge is -2.17. The lowest BCUT2D eigenvalue weighted by Crippen LogP contribution is -2.41. The van der Waals surface area contributed by atoms with Crippen LogP contribution < -0.4 is 5.32 Å². The molecule has 0 aromatic carbocycles. The summed E-state index contributed by atoms with van der Waals surface area (Å²) in [5.74, 6) is -0.739. The lowest BCUT2D eigenvalue weighted by atomic mass is 10.2. The molecule has 0 spiro atoms. The molecule has 1 fully saturated rings. The number of nitrogens with one attached hydrogen (secondary N) is 1. The number of aryl methyl sites for hydroxylation is 1. The third kappa shape index (κ3) is 3.47. The molecule has 1 aliphatic heterocycles. The topological polar surface area (TPSA) is 69.6 Å². The number of carbonyl (C=O) groups excluding carboxylic acids is 2. The summed E-state index contributed by atoms with van der Waals surface area (Å²) >= 11 is 1.57. The lowest BCUT2D eigenvalue weighted by molar-refractivity contribution is -0.130. The van der Waals surface area contributed by atoms with Gasteiger partial charge in [-0.1, -0.05) is 6.92 Å². The number of fused-ring (bicyclic) bond motifs is 1. The fourth-order valence-corrected chi connectivity index (χ4v) is 3.74. The van der Waals surface area contributed by atoms with Crippen molar-refractivity contribution in [1.82, 2.24) is 9.88 Å². The average molecular weight is 350 g/mol. The zero-order valence-corrected chi connectivity index (χ0v) is 14.7. The highest BCUT2D eigenvalue weighted by atomic mass is 32.1. The molecule has 1 N–H and O–H groups in total. The second-order valence-electron chi connectivity index (χ2n) is 5.94. The normalized spacial score (nSPS) is 18.7. The highest BCUT2D eigenvalue weighted by Gasteiger charge is 2.25. The van der Waals surface area contributed by atoms with Crippen LogP contribution in [0.1, 0.15) is 36.7 Å². The standard InChI is InChI=1S/C17H22N2O4S/c1-3-14(16(20)18-10-11-5-4-7-22-11)23-17(21)13-9-15-12(19(13)2)6-8-24-15/h6,8-9,11,14H,3-5,7,10H2,1-2H3,(H,18,20)/t11-,14+/m0/s1. The molecule has 2 aromatic heterocycles. The molecule has 3 rings (SSSR count). The van der Waals surface area contributed by atoms with Gasteiger partial charge in [0.15, 0.2) is 6.10 Å². The predicted molar refractivity (Wildman–Crippen MR) is 92.3 cm³/mol. The second-order valence-corrected chi connectivity index (χ2v) is 6.89. The Morgan fingerprint density at radius 1 is 1.54 bits per heavy atom. The third-order valence-corrected chi connectivity index (χ3v) is 5.17. The maximum absolute atomic E-state index is 12.4. The average Bonchev–Trinajstić information content (AvgIpc) is 3.29. The van der Waals surface area contributed by atoms with E-state index in [4.69, 9.17) is 9.47 Å². The van der Waals surface area contributed by atoms with Gasteiger partial charge in [-0.15, -0.1) is 11.3 Å². The minimum atomic E-state index is -0.785. The van der Waals surface area contributed by atoms with E-state index in [1.54, 1.807) is 22.0 Å². The number of amides is 1. The quantitative estimate of drug-likeness (QED) is 0.813. The summed E-state index contributed by atoms with van der Waals surface area (Å²) in [6.07, 6.45) is 1.70. The fraction of sp³-hybridized carbons (Fsp3) is 0.529. The zero-order chi connectivity index (χ0) is 17.1. The first-order valence-corrected chi connectivity index (χ1v) is 9.11. The molecule has 1 amide bonds. The van der Waals surface area contributed by atoms with Crippen LogP contribution in [0.25, 0.3) is 10.2 Å². The number of esters is 1. The Labute approximate surface area is 144 Å². The summed E-state index contributed by atoms with van der Waals surface area (Å²) in [7, 11) is 1.82. The number of nitrogens with zero attached hydrogens (tertiary/aromatic N) is 1. The molecule has 0 unspecified atom stereocenters. The summed E-state index contributed by atoms with van der Waals surface area (Å²) in [5, 5.41) is 4.80. The Morgan fingerprint density at radius 2 is 2.38 bits per heavy atom. The van der Waals surface area contributed by atoms with Crippen LogP contribution in [0.15, 0.2) is 17.5 Å². The van der Waals surface area contributed by atoms with Crippen molar-refractivity contribution < 1.29 is 19.1 Å². The maximum Gasteiger partial charge on any atom is 0.355 e. The minimum absolute atomic E-state index is 0.0711. The van der Waals surface area contributed by atoms with Gasteiger partial charge < -0.3 is 19.4 Å². The van der Waals surface area contributed by atoms with Gasteiger partial charge in [0.05, 0.1) is 16.3 Å². The molecule has 130 valence electrons. The molecule has 0 saturated carbocycles. The number of thiophene rings is 1. The van der Waals surface area contributed by atoms with E-state index in [-0.39, 0.29) is 12.0 Å². The largest absolute Gasteiger partial charge is 0.448 e. The molecule has 1 saturated heterocycles. The van der Waals surface area contributed by atoms with Crippen LogP contribution in [-0.4, -0.2) is 41.8 Å². The Kier molecular flexibility index (Phi) is 5.20.